The molecule has 0 unspecified atom stereocenters. The van der Waals surface area contributed by atoms with Gasteiger partial charge in [0.2, 0.25) is 0 Å². The van der Waals surface area contributed by atoms with Crippen LogP contribution in [0.1, 0.15) is 29.5 Å². The van der Waals surface area contributed by atoms with E-state index in [0.29, 0.717) is 13.1 Å². The van der Waals surface area contributed by atoms with Gasteiger partial charge >= 0.3 is 6.03 Å². The highest BCUT2D eigenvalue weighted by molar-refractivity contribution is 5.75. The molecule has 2 amide bonds. The first kappa shape index (κ1) is 18.4. The lowest BCUT2D eigenvalue weighted by molar-refractivity contribution is 0.191. The molecule has 3 rings (SSSR count). The van der Waals surface area contributed by atoms with Gasteiger partial charge in [-0.25, -0.2) is 9.18 Å². The topological polar surface area (TPSA) is 35.6 Å². The summed E-state index contributed by atoms with van der Waals surface area (Å²) in [7, 11) is 4.08. The number of urea groups is 1. The van der Waals surface area contributed by atoms with Crippen molar-refractivity contribution >= 4 is 6.03 Å². The van der Waals surface area contributed by atoms with Crippen molar-refractivity contribution in [2.75, 3.05) is 14.1 Å². The standard InChI is InChI=1S/C21H26FN3O/c1-24(2)14-17-8-6-16(7-9-17)13-23-21(26)25(20-10-11-20)15-18-4-3-5-19(22)12-18/h3-9,12,20H,10-11,13-15H2,1-2H3,(H,23,26). The summed E-state index contributed by atoms with van der Waals surface area (Å²) in [5.41, 5.74) is 3.14. The number of hydrogen-bond donors (Lipinski definition) is 1. The molecule has 0 atom stereocenters. The molecule has 26 heavy (non-hydrogen) atoms. The number of nitrogens with one attached hydrogen (secondary N) is 1. The van der Waals surface area contributed by atoms with Gasteiger partial charge in [-0.1, -0.05) is 36.4 Å². The minimum Gasteiger partial charge on any atom is -0.334 e. The Labute approximate surface area is 154 Å². The highest BCUT2D eigenvalue weighted by atomic mass is 19.1. The van der Waals surface area contributed by atoms with Gasteiger partial charge in [0.25, 0.3) is 0 Å². The van der Waals surface area contributed by atoms with Crippen LogP contribution in [0.15, 0.2) is 48.5 Å². The van der Waals surface area contributed by atoms with Crippen LogP contribution in [-0.2, 0) is 19.6 Å². The number of amides is 2. The highest BCUT2D eigenvalue weighted by Gasteiger charge is 2.32. The van der Waals surface area contributed by atoms with Crippen molar-refractivity contribution in [3.63, 3.8) is 0 Å². The minimum absolute atomic E-state index is 0.0888. The van der Waals surface area contributed by atoms with Crippen LogP contribution in [0.4, 0.5) is 9.18 Å². The van der Waals surface area contributed by atoms with Crippen LogP contribution >= 0.6 is 0 Å². The van der Waals surface area contributed by atoms with Crippen LogP contribution in [0.2, 0.25) is 0 Å². The van der Waals surface area contributed by atoms with Gasteiger partial charge in [-0.3, -0.25) is 0 Å². The molecular formula is C21H26FN3O. The average Bonchev–Trinajstić information content (AvgIpc) is 3.43. The fraction of sp³-hybridized carbons (Fsp3) is 0.381. The number of rotatable bonds is 7. The van der Waals surface area contributed by atoms with Crippen molar-refractivity contribution in [2.24, 2.45) is 0 Å². The Kier molecular flexibility index (Phi) is 5.89. The average molecular weight is 355 g/mol. The van der Waals surface area contributed by atoms with E-state index in [4.69, 9.17) is 0 Å². The summed E-state index contributed by atoms with van der Waals surface area (Å²) in [4.78, 5) is 16.6. The largest absolute Gasteiger partial charge is 0.334 e. The van der Waals surface area contributed by atoms with Gasteiger partial charge in [0.05, 0.1) is 0 Å². The lowest BCUT2D eigenvalue weighted by atomic mass is 10.1. The molecule has 0 bridgehead atoms. The molecule has 1 aliphatic carbocycles. The van der Waals surface area contributed by atoms with Gasteiger partial charge in [-0.05, 0) is 55.8 Å². The SMILES string of the molecule is CN(C)Cc1ccc(CNC(=O)N(Cc2cccc(F)c2)C2CC2)cc1. The predicted octanol–water partition coefficient (Wildman–Crippen LogP) is 3.76. The van der Waals surface area contributed by atoms with Crippen LogP contribution in [0.3, 0.4) is 0 Å². The fourth-order valence-electron chi connectivity index (χ4n) is 2.99. The zero-order valence-electron chi connectivity index (χ0n) is 15.4. The Morgan fingerprint density at radius 2 is 1.73 bits per heavy atom. The molecule has 1 saturated carbocycles. The molecule has 0 heterocycles. The molecule has 0 saturated heterocycles. The van der Waals surface area contributed by atoms with E-state index in [1.54, 1.807) is 6.07 Å². The van der Waals surface area contributed by atoms with E-state index >= 15 is 0 Å². The normalized spacial score (nSPS) is 13.7. The molecule has 5 heteroatoms. The molecular weight excluding hydrogens is 329 g/mol. The summed E-state index contributed by atoms with van der Waals surface area (Å²) in [5.74, 6) is -0.267. The summed E-state index contributed by atoms with van der Waals surface area (Å²) < 4.78 is 13.4. The molecule has 138 valence electrons. The summed E-state index contributed by atoms with van der Waals surface area (Å²) in [6, 6.07) is 14.9. The van der Waals surface area contributed by atoms with E-state index in [9.17, 15) is 9.18 Å². The van der Waals surface area contributed by atoms with Gasteiger partial charge in [0.1, 0.15) is 5.82 Å². The third-order valence-corrected chi connectivity index (χ3v) is 4.46. The Morgan fingerprint density at radius 3 is 2.35 bits per heavy atom. The Bertz CT molecular complexity index is 741. The molecule has 4 nitrogen and oxygen atoms in total. The predicted molar refractivity (Wildman–Crippen MR) is 101 cm³/mol. The zero-order valence-corrected chi connectivity index (χ0v) is 15.4. The first-order valence-corrected chi connectivity index (χ1v) is 9.03. The number of halogens is 1. The van der Waals surface area contributed by atoms with Crippen molar-refractivity contribution < 1.29 is 9.18 Å². The summed E-state index contributed by atoms with van der Waals surface area (Å²) in [6.07, 6.45) is 2.03. The molecule has 2 aromatic carbocycles. The van der Waals surface area contributed by atoms with Gasteiger partial charge in [-0.15, -0.1) is 0 Å². The summed E-state index contributed by atoms with van der Waals surface area (Å²) in [6.45, 7) is 1.83. The van der Waals surface area contributed by atoms with Gasteiger partial charge in [-0.2, -0.15) is 0 Å². The lowest BCUT2D eigenvalue weighted by Crippen LogP contribution is -2.40. The second-order valence-electron chi connectivity index (χ2n) is 7.20. The highest BCUT2D eigenvalue weighted by Crippen LogP contribution is 2.28. The quantitative estimate of drug-likeness (QED) is 0.821. The minimum atomic E-state index is -0.267. The second kappa shape index (κ2) is 8.32. The van der Waals surface area contributed by atoms with Crippen LogP contribution in [0, 0.1) is 5.82 Å². The Hall–Kier alpha value is -2.40. The molecule has 0 aromatic heterocycles. The van der Waals surface area contributed by atoms with E-state index in [1.165, 1.54) is 17.7 Å². The molecule has 0 spiro atoms. The number of nitrogens with zero attached hydrogens (tertiary/aromatic N) is 2. The monoisotopic (exact) mass is 355 g/mol. The van der Waals surface area contributed by atoms with Crippen molar-refractivity contribution in [3.8, 4) is 0 Å². The van der Waals surface area contributed by atoms with Crippen molar-refractivity contribution in [1.29, 1.82) is 0 Å². The first-order chi connectivity index (χ1) is 12.5. The van der Waals surface area contributed by atoms with Crippen LogP contribution in [0.25, 0.3) is 0 Å². The molecule has 2 aromatic rings. The summed E-state index contributed by atoms with van der Waals surface area (Å²) >= 11 is 0. The van der Waals surface area contributed by atoms with Crippen LogP contribution in [-0.4, -0.2) is 36.0 Å². The molecule has 1 N–H and O–H groups in total. The zero-order chi connectivity index (χ0) is 18.5. The second-order valence-corrected chi connectivity index (χ2v) is 7.20. The third kappa shape index (κ3) is 5.30. The fourth-order valence-corrected chi connectivity index (χ4v) is 2.99. The van der Waals surface area contributed by atoms with E-state index in [1.807, 2.05) is 37.2 Å². The smallest absolute Gasteiger partial charge is 0.318 e. The van der Waals surface area contributed by atoms with E-state index in [2.05, 4.69) is 22.3 Å². The lowest BCUT2D eigenvalue weighted by Gasteiger charge is -2.23. The van der Waals surface area contributed by atoms with Crippen LogP contribution in [0.5, 0.6) is 0 Å². The van der Waals surface area contributed by atoms with E-state index in [0.717, 1.165) is 30.5 Å². The van der Waals surface area contributed by atoms with Gasteiger partial charge in [0.15, 0.2) is 0 Å². The van der Waals surface area contributed by atoms with Gasteiger partial charge in [0, 0.05) is 25.7 Å². The number of carbonyl (C=O) groups excluding carboxylic acids is 1. The maximum absolute atomic E-state index is 13.4. The van der Waals surface area contributed by atoms with Crippen molar-refractivity contribution in [2.45, 2.75) is 38.5 Å². The first-order valence-electron chi connectivity index (χ1n) is 9.03. The Balaban J connectivity index is 1.56. The number of hydrogen-bond acceptors (Lipinski definition) is 2. The maximum Gasteiger partial charge on any atom is 0.318 e. The van der Waals surface area contributed by atoms with Crippen molar-refractivity contribution in [1.82, 2.24) is 15.1 Å². The van der Waals surface area contributed by atoms with Gasteiger partial charge < -0.3 is 15.1 Å². The van der Waals surface area contributed by atoms with E-state index in [-0.39, 0.29) is 17.9 Å². The van der Waals surface area contributed by atoms with E-state index < -0.39 is 0 Å². The molecule has 1 fully saturated rings. The number of benzene rings is 2. The third-order valence-electron chi connectivity index (χ3n) is 4.46. The number of carbonyl (C=O) groups is 1. The maximum atomic E-state index is 13.4. The molecule has 1 aliphatic rings. The van der Waals surface area contributed by atoms with Crippen LogP contribution < -0.4 is 5.32 Å². The molecule has 0 aliphatic heterocycles. The summed E-state index contributed by atoms with van der Waals surface area (Å²) in [5, 5.41) is 3.00. The van der Waals surface area contributed by atoms with Crippen molar-refractivity contribution in [3.05, 3.63) is 71.0 Å². The molecule has 0 radical (unpaired) electrons. The Morgan fingerprint density at radius 1 is 1.04 bits per heavy atom.